The summed E-state index contributed by atoms with van der Waals surface area (Å²) in [5.41, 5.74) is -1.88. The molecule has 0 N–H and O–H groups in total. The van der Waals surface area contributed by atoms with Gasteiger partial charge in [-0.1, -0.05) is 43.7 Å². The van der Waals surface area contributed by atoms with Gasteiger partial charge in [-0.3, -0.25) is 4.79 Å². The van der Waals surface area contributed by atoms with Crippen LogP contribution in [0.15, 0.2) is 65.5 Å². The molecule has 0 amide bonds. The van der Waals surface area contributed by atoms with Crippen LogP contribution in [0.1, 0.15) is 36.5 Å². The van der Waals surface area contributed by atoms with Gasteiger partial charge in [-0.05, 0) is 47.9 Å². The molecule has 3 aromatic rings. The molecule has 0 saturated heterocycles. The minimum atomic E-state index is -4.83. The molecule has 0 bridgehead atoms. The van der Waals surface area contributed by atoms with Crippen molar-refractivity contribution in [3.8, 4) is 23.1 Å². The molecule has 0 aliphatic heterocycles. The van der Waals surface area contributed by atoms with Crippen LogP contribution in [0.25, 0.3) is 11.3 Å². The zero-order valence-electron chi connectivity index (χ0n) is 16.9. The molecule has 0 fully saturated rings. The fourth-order valence-corrected chi connectivity index (χ4v) is 3.20. The molecule has 0 unspecified atom stereocenters. The minimum absolute atomic E-state index is 0.0383. The van der Waals surface area contributed by atoms with Crippen LogP contribution < -0.4 is 10.3 Å². The monoisotopic (exact) mass is 426 g/mol. The van der Waals surface area contributed by atoms with E-state index in [1.807, 2.05) is 6.92 Å². The lowest BCUT2D eigenvalue weighted by Crippen LogP contribution is -2.28. The summed E-state index contributed by atoms with van der Waals surface area (Å²) >= 11 is 0. The van der Waals surface area contributed by atoms with Crippen LogP contribution in [-0.2, 0) is 12.7 Å². The molecule has 3 rings (SSSR count). The molecule has 31 heavy (non-hydrogen) atoms. The van der Waals surface area contributed by atoms with Gasteiger partial charge >= 0.3 is 6.18 Å². The van der Waals surface area contributed by atoms with E-state index >= 15 is 0 Å². The lowest BCUT2D eigenvalue weighted by atomic mass is 10.0. The fourth-order valence-electron chi connectivity index (χ4n) is 3.20. The van der Waals surface area contributed by atoms with Crippen molar-refractivity contribution in [1.29, 1.82) is 5.26 Å². The summed E-state index contributed by atoms with van der Waals surface area (Å²) in [4.78, 5) is 12.9. The van der Waals surface area contributed by atoms with Crippen molar-refractivity contribution in [1.82, 2.24) is 4.57 Å². The Kier molecular flexibility index (Phi) is 6.81. The van der Waals surface area contributed by atoms with E-state index in [1.54, 1.807) is 54.6 Å². The molecule has 0 aliphatic carbocycles. The highest BCUT2D eigenvalue weighted by molar-refractivity contribution is 5.63. The van der Waals surface area contributed by atoms with Crippen LogP contribution in [0.5, 0.6) is 5.75 Å². The van der Waals surface area contributed by atoms with E-state index in [4.69, 9.17) is 4.74 Å². The molecule has 7 heteroatoms. The third-order valence-corrected chi connectivity index (χ3v) is 4.82. The van der Waals surface area contributed by atoms with Gasteiger partial charge in [0.25, 0.3) is 5.56 Å². The lowest BCUT2D eigenvalue weighted by Gasteiger charge is -2.18. The van der Waals surface area contributed by atoms with E-state index in [2.05, 4.69) is 0 Å². The number of ether oxygens (including phenoxy) is 1. The van der Waals surface area contributed by atoms with Crippen molar-refractivity contribution in [2.24, 2.45) is 0 Å². The van der Waals surface area contributed by atoms with Gasteiger partial charge in [-0.15, -0.1) is 0 Å². The number of alkyl halides is 3. The van der Waals surface area contributed by atoms with Gasteiger partial charge in [0.15, 0.2) is 0 Å². The highest BCUT2D eigenvalue weighted by Gasteiger charge is 2.36. The zero-order valence-corrected chi connectivity index (χ0v) is 16.9. The largest absolute Gasteiger partial charge is 0.494 e. The quantitative estimate of drug-likeness (QED) is 0.460. The summed E-state index contributed by atoms with van der Waals surface area (Å²) < 4.78 is 47.6. The van der Waals surface area contributed by atoms with Crippen molar-refractivity contribution in [3.63, 3.8) is 0 Å². The normalized spacial score (nSPS) is 11.2. The maximum Gasteiger partial charge on any atom is 0.417 e. The maximum absolute atomic E-state index is 13.6. The first-order valence-electron chi connectivity index (χ1n) is 9.87. The third-order valence-electron chi connectivity index (χ3n) is 4.82. The number of benzene rings is 2. The van der Waals surface area contributed by atoms with Gasteiger partial charge in [0.2, 0.25) is 0 Å². The Labute approximate surface area is 178 Å². The van der Waals surface area contributed by atoms with E-state index < -0.39 is 22.9 Å². The molecule has 1 heterocycles. The Morgan fingerprint density at radius 2 is 1.74 bits per heavy atom. The first kappa shape index (κ1) is 22.2. The number of aromatic nitrogens is 1. The van der Waals surface area contributed by atoms with Gasteiger partial charge in [0.1, 0.15) is 17.4 Å². The van der Waals surface area contributed by atoms with E-state index in [0.717, 1.165) is 24.5 Å². The SMILES string of the molecule is CCCCOc1ccc(-c2cc(C(F)(F)F)c(C#N)c(=O)n2Cc2ccccc2)cc1. The van der Waals surface area contributed by atoms with E-state index in [1.165, 1.54) is 10.6 Å². The van der Waals surface area contributed by atoms with Gasteiger partial charge in [-0.2, -0.15) is 18.4 Å². The Morgan fingerprint density at radius 1 is 1.06 bits per heavy atom. The van der Waals surface area contributed by atoms with Gasteiger partial charge in [0, 0.05) is 0 Å². The first-order valence-corrected chi connectivity index (χ1v) is 9.87. The fraction of sp³-hybridized carbons (Fsp3) is 0.250. The summed E-state index contributed by atoms with van der Waals surface area (Å²) in [6, 6.07) is 17.8. The average molecular weight is 426 g/mol. The Hall–Kier alpha value is -3.53. The molecule has 0 atom stereocenters. The van der Waals surface area contributed by atoms with Crippen molar-refractivity contribution in [2.75, 3.05) is 6.61 Å². The Bertz CT molecular complexity index is 1130. The van der Waals surface area contributed by atoms with Crippen molar-refractivity contribution in [2.45, 2.75) is 32.5 Å². The number of hydrogen-bond donors (Lipinski definition) is 0. The summed E-state index contributed by atoms with van der Waals surface area (Å²) in [7, 11) is 0. The highest BCUT2D eigenvalue weighted by Crippen LogP contribution is 2.34. The number of nitriles is 1. The van der Waals surface area contributed by atoms with E-state index in [-0.39, 0.29) is 12.2 Å². The van der Waals surface area contributed by atoms with E-state index in [9.17, 15) is 23.2 Å². The summed E-state index contributed by atoms with van der Waals surface area (Å²) in [6.07, 6.45) is -2.95. The predicted octanol–water partition coefficient (Wildman–Crippen LogP) is 5.63. The van der Waals surface area contributed by atoms with Crippen LogP contribution in [0, 0.1) is 11.3 Å². The van der Waals surface area contributed by atoms with Gasteiger partial charge in [-0.25, -0.2) is 0 Å². The molecule has 0 aliphatic rings. The predicted molar refractivity (Wildman–Crippen MR) is 112 cm³/mol. The second-order valence-corrected chi connectivity index (χ2v) is 7.03. The number of unbranched alkanes of at least 4 members (excludes halogenated alkanes) is 1. The average Bonchev–Trinajstić information content (AvgIpc) is 2.75. The zero-order chi connectivity index (χ0) is 22.4. The lowest BCUT2D eigenvalue weighted by molar-refractivity contribution is -0.137. The van der Waals surface area contributed by atoms with Crippen LogP contribution in [0.4, 0.5) is 13.2 Å². The molecule has 0 radical (unpaired) electrons. The van der Waals surface area contributed by atoms with Crippen molar-refractivity contribution in [3.05, 3.63) is 87.7 Å². The summed E-state index contributed by atoms with van der Waals surface area (Å²) in [5.74, 6) is 0.596. The van der Waals surface area contributed by atoms with Crippen LogP contribution >= 0.6 is 0 Å². The summed E-state index contributed by atoms with van der Waals surface area (Å²) in [5, 5.41) is 9.27. The topological polar surface area (TPSA) is 55.0 Å². The molecule has 4 nitrogen and oxygen atoms in total. The summed E-state index contributed by atoms with van der Waals surface area (Å²) in [6.45, 7) is 2.63. The standard InChI is InChI=1S/C24H21F3N2O2/c1-2-3-13-31-19-11-9-18(10-12-19)22-14-21(24(25,26)27)20(15-28)23(30)29(22)16-17-7-5-4-6-8-17/h4-12,14H,2-3,13,16H2,1H3. The minimum Gasteiger partial charge on any atom is -0.494 e. The Balaban J connectivity index is 2.13. The second-order valence-electron chi connectivity index (χ2n) is 7.03. The molecule has 1 aromatic heterocycles. The molecule has 2 aromatic carbocycles. The molecule has 0 spiro atoms. The maximum atomic E-state index is 13.6. The number of rotatable bonds is 7. The van der Waals surface area contributed by atoms with Crippen LogP contribution in [-0.4, -0.2) is 11.2 Å². The van der Waals surface area contributed by atoms with Gasteiger partial charge in [0.05, 0.1) is 24.4 Å². The van der Waals surface area contributed by atoms with Crippen molar-refractivity contribution >= 4 is 0 Å². The molecule has 0 saturated carbocycles. The highest BCUT2D eigenvalue weighted by atomic mass is 19.4. The smallest absolute Gasteiger partial charge is 0.417 e. The number of pyridine rings is 1. The van der Waals surface area contributed by atoms with E-state index in [0.29, 0.717) is 17.9 Å². The van der Waals surface area contributed by atoms with Crippen LogP contribution in [0.3, 0.4) is 0 Å². The first-order chi connectivity index (χ1) is 14.8. The Morgan fingerprint density at radius 3 is 2.32 bits per heavy atom. The number of nitrogens with zero attached hydrogens (tertiary/aromatic N) is 2. The van der Waals surface area contributed by atoms with Crippen LogP contribution in [0.2, 0.25) is 0 Å². The van der Waals surface area contributed by atoms with Gasteiger partial charge < -0.3 is 9.30 Å². The molecular weight excluding hydrogens is 405 g/mol. The molecular formula is C24H21F3N2O2. The second kappa shape index (κ2) is 9.52. The van der Waals surface area contributed by atoms with Crippen molar-refractivity contribution < 1.29 is 17.9 Å². The number of halogens is 3. The molecule has 160 valence electrons. The third kappa shape index (κ3) is 5.15. The number of hydrogen-bond acceptors (Lipinski definition) is 3.